The maximum atomic E-state index is 12.1. The summed E-state index contributed by atoms with van der Waals surface area (Å²) in [6.07, 6.45) is 3.93. The van der Waals surface area contributed by atoms with Crippen LogP contribution >= 0.6 is 0 Å². The van der Waals surface area contributed by atoms with E-state index in [-0.39, 0.29) is 18.4 Å². The molecule has 2 N–H and O–H groups in total. The third-order valence-electron chi connectivity index (χ3n) is 3.81. The number of nitrogens with zero attached hydrogens (tertiary/aromatic N) is 1. The molecule has 7 heteroatoms. The Morgan fingerprint density at radius 2 is 2.23 bits per heavy atom. The molecule has 2 aliphatic rings. The van der Waals surface area contributed by atoms with E-state index in [0.29, 0.717) is 23.7 Å². The van der Waals surface area contributed by atoms with Crippen molar-refractivity contribution in [2.45, 2.75) is 32.1 Å². The lowest BCUT2D eigenvalue weighted by molar-refractivity contribution is -0.132. The van der Waals surface area contributed by atoms with Crippen molar-refractivity contribution in [2.75, 3.05) is 6.54 Å². The molecule has 3 rings (SSSR count). The van der Waals surface area contributed by atoms with Crippen LogP contribution in [-0.4, -0.2) is 30.1 Å². The van der Waals surface area contributed by atoms with Crippen LogP contribution in [0.2, 0.25) is 0 Å². The van der Waals surface area contributed by atoms with E-state index in [0.717, 1.165) is 18.6 Å². The minimum atomic E-state index is -0.745. The van der Waals surface area contributed by atoms with E-state index < -0.39 is 11.8 Å². The van der Waals surface area contributed by atoms with Crippen molar-refractivity contribution in [3.63, 3.8) is 0 Å². The summed E-state index contributed by atoms with van der Waals surface area (Å²) in [5.41, 5.74) is 0.557. The van der Waals surface area contributed by atoms with Gasteiger partial charge in [0.05, 0.1) is 11.8 Å². The number of aliphatic imine (C=N–C) groups is 1. The summed E-state index contributed by atoms with van der Waals surface area (Å²) in [7, 11) is 0. The van der Waals surface area contributed by atoms with E-state index in [1.54, 1.807) is 6.07 Å². The number of hydrogen-bond donors (Lipinski definition) is 2. The van der Waals surface area contributed by atoms with Gasteiger partial charge in [-0.1, -0.05) is 0 Å². The van der Waals surface area contributed by atoms with E-state index >= 15 is 0 Å². The van der Waals surface area contributed by atoms with Gasteiger partial charge in [0.1, 0.15) is 17.5 Å². The van der Waals surface area contributed by atoms with Crippen molar-refractivity contribution >= 4 is 23.6 Å². The molecule has 1 aromatic rings. The lowest BCUT2D eigenvalue weighted by Gasteiger charge is -2.17. The van der Waals surface area contributed by atoms with E-state index in [9.17, 15) is 14.4 Å². The SMILES string of the molecule is C[C@H]1C(=O)N=C(CCNC(=O)c2ccoc2C2CC2)NC1=O. The van der Waals surface area contributed by atoms with Gasteiger partial charge in [-0.25, -0.2) is 0 Å². The first-order valence-corrected chi connectivity index (χ1v) is 7.34. The number of rotatable bonds is 5. The quantitative estimate of drug-likeness (QED) is 0.791. The Morgan fingerprint density at radius 3 is 2.91 bits per heavy atom. The molecule has 1 aliphatic carbocycles. The standard InChI is InChI=1S/C15H17N3O4/c1-8-13(19)17-11(18-14(8)20)4-6-16-15(21)10-5-7-22-12(10)9-2-3-9/h5,7-9H,2-4,6H2,1H3,(H,16,21)(H,17,18,19,20). The smallest absolute Gasteiger partial charge is 0.259 e. The zero-order valence-corrected chi connectivity index (χ0v) is 12.2. The molecule has 0 aromatic carbocycles. The van der Waals surface area contributed by atoms with Gasteiger partial charge < -0.3 is 15.1 Å². The van der Waals surface area contributed by atoms with Crippen molar-refractivity contribution in [3.05, 3.63) is 23.7 Å². The van der Waals surface area contributed by atoms with Crippen LogP contribution in [0, 0.1) is 5.92 Å². The second kappa shape index (κ2) is 5.75. The Morgan fingerprint density at radius 1 is 1.45 bits per heavy atom. The fraction of sp³-hybridized carbons (Fsp3) is 0.467. The summed E-state index contributed by atoms with van der Waals surface area (Å²) in [5, 5.41) is 5.32. The van der Waals surface area contributed by atoms with Crippen LogP contribution in [-0.2, 0) is 9.59 Å². The molecule has 7 nitrogen and oxygen atoms in total. The lowest BCUT2D eigenvalue weighted by atomic mass is 10.1. The van der Waals surface area contributed by atoms with Crippen LogP contribution in [0.15, 0.2) is 21.7 Å². The summed E-state index contributed by atoms with van der Waals surface area (Å²) in [6, 6.07) is 1.66. The van der Waals surface area contributed by atoms with Gasteiger partial charge in [0.15, 0.2) is 0 Å². The maximum absolute atomic E-state index is 12.1. The first-order valence-electron chi connectivity index (χ1n) is 7.34. The number of nitrogens with one attached hydrogen (secondary N) is 2. The highest BCUT2D eigenvalue weighted by Crippen LogP contribution is 2.41. The fourth-order valence-electron chi connectivity index (χ4n) is 2.30. The van der Waals surface area contributed by atoms with Crippen molar-refractivity contribution in [3.8, 4) is 0 Å². The largest absolute Gasteiger partial charge is 0.468 e. The van der Waals surface area contributed by atoms with Gasteiger partial charge in [-0.2, -0.15) is 4.99 Å². The number of amides is 3. The summed E-state index contributed by atoms with van der Waals surface area (Å²) < 4.78 is 5.36. The predicted molar refractivity (Wildman–Crippen MR) is 77.4 cm³/mol. The van der Waals surface area contributed by atoms with E-state index in [4.69, 9.17) is 4.42 Å². The first-order chi connectivity index (χ1) is 10.6. The highest BCUT2D eigenvalue weighted by atomic mass is 16.3. The fourth-order valence-corrected chi connectivity index (χ4v) is 2.30. The number of amidine groups is 1. The molecule has 0 bridgehead atoms. The van der Waals surface area contributed by atoms with E-state index in [1.165, 1.54) is 13.2 Å². The molecule has 1 saturated carbocycles. The Labute approximate surface area is 127 Å². The van der Waals surface area contributed by atoms with Crippen LogP contribution in [0.1, 0.15) is 48.2 Å². The van der Waals surface area contributed by atoms with Gasteiger partial charge in [0.25, 0.3) is 11.8 Å². The van der Waals surface area contributed by atoms with Crippen molar-refractivity contribution in [1.82, 2.24) is 10.6 Å². The van der Waals surface area contributed by atoms with Crippen LogP contribution in [0.25, 0.3) is 0 Å². The Bertz CT molecular complexity index is 657. The van der Waals surface area contributed by atoms with Crippen LogP contribution in [0.4, 0.5) is 0 Å². The number of carbonyl (C=O) groups is 3. The lowest BCUT2D eigenvalue weighted by Crippen LogP contribution is -2.43. The molecule has 1 fully saturated rings. The van der Waals surface area contributed by atoms with Crippen LogP contribution in [0.5, 0.6) is 0 Å². The zero-order valence-electron chi connectivity index (χ0n) is 12.2. The molecule has 1 atom stereocenters. The van der Waals surface area contributed by atoms with Gasteiger partial charge in [0.2, 0.25) is 5.91 Å². The molecule has 0 spiro atoms. The van der Waals surface area contributed by atoms with E-state index in [1.807, 2.05) is 0 Å². The normalized spacial score (nSPS) is 21.3. The third-order valence-corrected chi connectivity index (χ3v) is 3.81. The monoisotopic (exact) mass is 303 g/mol. The average Bonchev–Trinajstić information content (AvgIpc) is 3.21. The summed E-state index contributed by atoms with van der Waals surface area (Å²) in [5.74, 6) is -0.365. The molecule has 0 unspecified atom stereocenters. The molecule has 116 valence electrons. The highest BCUT2D eigenvalue weighted by Gasteiger charge is 2.31. The van der Waals surface area contributed by atoms with Gasteiger partial charge in [0, 0.05) is 18.9 Å². The van der Waals surface area contributed by atoms with Gasteiger partial charge >= 0.3 is 0 Å². The molecular formula is C15H17N3O4. The minimum Gasteiger partial charge on any atom is -0.468 e. The number of carbonyl (C=O) groups excluding carboxylic acids is 3. The predicted octanol–water partition coefficient (Wildman–Crippen LogP) is 0.968. The molecular weight excluding hydrogens is 286 g/mol. The Kier molecular flexibility index (Phi) is 3.79. The van der Waals surface area contributed by atoms with Gasteiger partial charge in [-0.3, -0.25) is 14.4 Å². The van der Waals surface area contributed by atoms with Crippen LogP contribution in [0.3, 0.4) is 0 Å². The third kappa shape index (κ3) is 2.93. The maximum Gasteiger partial charge on any atom is 0.259 e. The minimum absolute atomic E-state index is 0.210. The van der Waals surface area contributed by atoms with Crippen molar-refractivity contribution < 1.29 is 18.8 Å². The average molecular weight is 303 g/mol. The zero-order chi connectivity index (χ0) is 15.7. The second-order valence-electron chi connectivity index (χ2n) is 5.59. The van der Waals surface area contributed by atoms with Crippen molar-refractivity contribution in [2.24, 2.45) is 10.9 Å². The molecule has 1 aliphatic heterocycles. The number of furan rings is 1. The van der Waals surface area contributed by atoms with Gasteiger partial charge in [-0.15, -0.1) is 0 Å². The summed E-state index contributed by atoms with van der Waals surface area (Å²) in [6.45, 7) is 1.80. The molecule has 0 saturated heterocycles. The topological polar surface area (TPSA) is 101 Å². The Hall–Kier alpha value is -2.44. The van der Waals surface area contributed by atoms with Crippen LogP contribution < -0.4 is 10.6 Å². The van der Waals surface area contributed by atoms with E-state index in [2.05, 4.69) is 15.6 Å². The second-order valence-corrected chi connectivity index (χ2v) is 5.59. The molecule has 22 heavy (non-hydrogen) atoms. The molecule has 0 radical (unpaired) electrons. The highest BCUT2D eigenvalue weighted by molar-refractivity contribution is 6.15. The van der Waals surface area contributed by atoms with Gasteiger partial charge in [-0.05, 0) is 25.8 Å². The summed E-state index contributed by atoms with van der Waals surface area (Å²) >= 11 is 0. The summed E-state index contributed by atoms with van der Waals surface area (Å²) in [4.78, 5) is 38.9. The molecule has 1 aromatic heterocycles. The molecule has 2 heterocycles. The number of hydrogen-bond acceptors (Lipinski definition) is 4. The Balaban J connectivity index is 1.54. The molecule has 3 amide bonds. The first kappa shape index (κ1) is 14.5. The van der Waals surface area contributed by atoms with Crippen molar-refractivity contribution in [1.29, 1.82) is 0 Å².